The van der Waals surface area contributed by atoms with Crippen molar-refractivity contribution in [2.24, 2.45) is 0 Å². The summed E-state index contributed by atoms with van der Waals surface area (Å²) in [5, 5.41) is 21.9. The third-order valence-corrected chi connectivity index (χ3v) is 2.90. The average molecular weight is 249 g/mol. The molecule has 0 spiro atoms. The maximum absolute atomic E-state index is 10.9. The maximum atomic E-state index is 10.9. The Balaban J connectivity index is 0.00000128. The van der Waals surface area contributed by atoms with E-state index in [0.29, 0.717) is 5.46 Å². The second kappa shape index (κ2) is 9.13. The molecule has 0 bridgehead atoms. The van der Waals surface area contributed by atoms with Gasteiger partial charge in [0.1, 0.15) is 0 Å². The Morgan fingerprint density at radius 1 is 1.06 bits per heavy atom. The Morgan fingerprint density at radius 2 is 1.65 bits per heavy atom. The molecular formula is C11H14BNNa2O2. The second-order valence-electron chi connectivity index (χ2n) is 4.01. The van der Waals surface area contributed by atoms with Crippen LogP contribution in [0.5, 0.6) is 0 Å². The van der Waals surface area contributed by atoms with Crippen LogP contribution < -0.4 is 74.6 Å². The smallest absolute Gasteiger partial charge is 0.889 e. The number of hydrogen-bond donors (Lipinski definition) is 0. The largest absolute Gasteiger partial charge is 1.00 e. The van der Waals surface area contributed by atoms with Gasteiger partial charge in [-0.1, -0.05) is 31.4 Å². The summed E-state index contributed by atoms with van der Waals surface area (Å²) < 4.78 is 0. The van der Waals surface area contributed by atoms with Crippen LogP contribution in [0, 0.1) is 0 Å². The molecule has 0 radical (unpaired) electrons. The first-order valence-electron chi connectivity index (χ1n) is 5.39. The SMILES string of the molecule is [Na+].[Na+].[O-]B([O-])c1ccccc1CN1CCCC1. The van der Waals surface area contributed by atoms with Gasteiger partial charge in [-0.3, -0.25) is 4.90 Å². The van der Waals surface area contributed by atoms with Crippen LogP contribution in [0.3, 0.4) is 0 Å². The predicted molar refractivity (Wildman–Crippen MR) is 56.3 cm³/mol. The summed E-state index contributed by atoms with van der Waals surface area (Å²) >= 11 is 0. The van der Waals surface area contributed by atoms with Gasteiger partial charge >= 0.3 is 59.1 Å². The van der Waals surface area contributed by atoms with E-state index in [1.807, 2.05) is 12.1 Å². The second-order valence-corrected chi connectivity index (χ2v) is 4.01. The van der Waals surface area contributed by atoms with Gasteiger partial charge in [-0.25, -0.2) is 0 Å². The van der Waals surface area contributed by atoms with Crippen LogP contribution in [0.25, 0.3) is 0 Å². The summed E-state index contributed by atoms with van der Waals surface area (Å²) in [6.45, 7) is 2.91. The minimum absolute atomic E-state index is 0. The zero-order valence-corrected chi connectivity index (χ0v) is 14.7. The molecule has 0 N–H and O–H groups in total. The van der Waals surface area contributed by atoms with Crippen molar-refractivity contribution in [2.75, 3.05) is 13.1 Å². The van der Waals surface area contributed by atoms with E-state index in [0.717, 1.165) is 25.2 Å². The Bertz CT molecular complexity index is 333. The molecule has 1 aromatic carbocycles. The van der Waals surface area contributed by atoms with Crippen molar-refractivity contribution in [2.45, 2.75) is 19.4 Å². The van der Waals surface area contributed by atoms with Gasteiger partial charge < -0.3 is 10.0 Å². The first-order valence-corrected chi connectivity index (χ1v) is 5.39. The van der Waals surface area contributed by atoms with Crippen molar-refractivity contribution >= 4 is 12.6 Å². The van der Waals surface area contributed by atoms with Gasteiger partial charge in [-0.15, -0.1) is 5.46 Å². The van der Waals surface area contributed by atoms with E-state index in [-0.39, 0.29) is 59.1 Å². The van der Waals surface area contributed by atoms with Crippen molar-refractivity contribution in [3.05, 3.63) is 29.8 Å². The normalized spacial score (nSPS) is 14.9. The molecule has 0 aliphatic carbocycles. The molecule has 17 heavy (non-hydrogen) atoms. The van der Waals surface area contributed by atoms with Crippen LogP contribution in [0.1, 0.15) is 18.4 Å². The maximum Gasteiger partial charge on any atom is 1.00 e. The van der Waals surface area contributed by atoms with Crippen LogP contribution in [-0.2, 0) is 6.54 Å². The monoisotopic (exact) mass is 249 g/mol. The molecule has 6 heteroatoms. The van der Waals surface area contributed by atoms with Gasteiger partial charge in [0.25, 0.3) is 0 Å². The minimum atomic E-state index is -1.86. The van der Waals surface area contributed by atoms with Crippen molar-refractivity contribution in [3.8, 4) is 0 Å². The fraction of sp³-hybridized carbons (Fsp3) is 0.455. The summed E-state index contributed by atoms with van der Waals surface area (Å²) in [6.07, 6.45) is 2.45. The average Bonchev–Trinajstić information content (AvgIpc) is 2.71. The molecule has 0 unspecified atom stereocenters. The Hall–Kier alpha value is 1.16. The summed E-state index contributed by atoms with van der Waals surface area (Å²) in [5.74, 6) is 0. The molecule has 0 atom stereocenters. The topological polar surface area (TPSA) is 49.4 Å². The molecule has 2 rings (SSSR count). The molecule has 0 amide bonds. The molecule has 1 saturated heterocycles. The van der Waals surface area contributed by atoms with E-state index < -0.39 is 7.12 Å². The van der Waals surface area contributed by atoms with Crippen molar-refractivity contribution < 1.29 is 69.2 Å². The summed E-state index contributed by atoms with van der Waals surface area (Å²) in [5.41, 5.74) is 1.30. The van der Waals surface area contributed by atoms with Gasteiger partial charge in [0.05, 0.1) is 0 Å². The first-order chi connectivity index (χ1) is 7.27. The number of benzene rings is 1. The minimum Gasteiger partial charge on any atom is -0.889 e. The Morgan fingerprint density at radius 3 is 2.24 bits per heavy atom. The Kier molecular flexibility index (Phi) is 9.76. The van der Waals surface area contributed by atoms with E-state index in [4.69, 9.17) is 0 Å². The molecule has 1 aliphatic heterocycles. The molecule has 0 saturated carbocycles. The van der Waals surface area contributed by atoms with E-state index in [1.54, 1.807) is 12.1 Å². The van der Waals surface area contributed by atoms with E-state index in [9.17, 15) is 10.0 Å². The summed E-state index contributed by atoms with van der Waals surface area (Å²) in [4.78, 5) is 2.29. The van der Waals surface area contributed by atoms with E-state index >= 15 is 0 Å². The zero-order valence-electron chi connectivity index (χ0n) is 10.7. The third kappa shape index (κ3) is 5.35. The third-order valence-electron chi connectivity index (χ3n) is 2.90. The number of hydrogen-bond acceptors (Lipinski definition) is 3. The predicted octanol–water partition coefficient (Wildman–Crippen LogP) is -7.29. The number of rotatable bonds is 3. The Labute approximate surface area is 147 Å². The van der Waals surface area contributed by atoms with Gasteiger partial charge in [0.15, 0.2) is 0 Å². The van der Waals surface area contributed by atoms with Gasteiger partial charge in [-0.05, 0) is 31.5 Å². The summed E-state index contributed by atoms with van der Waals surface area (Å²) in [7, 11) is -1.86. The van der Waals surface area contributed by atoms with E-state index in [2.05, 4.69) is 4.90 Å². The summed E-state index contributed by atoms with van der Waals surface area (Å²) in [6, 6.07) is 7.18. The quantitative estimate of drug-likeness (QED) is 0.500. The molecule has 1 aliphatic rings. The molecule has 0 aromatic heterocycles. The van der Waals surface area contributed by atoms with E-state index in [1.165, 1.54) is 12.8 Å². The van der Waals surface area contributed by atoms with Crippen LogP contribution in [0.2, 0.25) is 0 Å². The van der Waals surface area contributed by atoms with Crippen molar-refractivity contribution in [1.82, 2.24) is 4.90 Å². The zero-order chi connectivity index (χ0) is 10.7. The molecular weight excluding hydrogens is 235 g/mol. The molecule has 80 valence electrons. The van der Waals surface area contributed by atoms with Crippen molar-refractivity contribution in [1.29, 1.82) is 0 Å². The van der Waals surface area contributed by atoms with Gasteiger partial charge in [0, 0.05) is 6.54 Å². The van der Waals surface area contributed by atoms with Gasteiger partial charge in [0.2, 0.25) is 0 Å². The fourth-order valence-corrected chi connectivity index (χ4v) is 2.09. The van der Waals surface area contributed by atoms with Crippen LogP contribution in [0.4, 0.5) is 0 Å². The number of nitrogens with zero attached hydrogens (tertiary/aromatic N) is 1. The fourth-order valence-electron chi connectivity index (χ4n) is 2.09. The molecule has 1 aromatic rings. The molecule has 3 nitrogen and oxygen atoms in total. The number of likely N-dealkylation sites (tertiary alicyclic amines) is 1. The molecule has 1 heterocycles. The van der Waals surface area contributed by atoms with Crippen LogP contribution in [0.15, 0.2) is 24.3 Å². The van der Waals surface area contributed by atoms with Crippen LogP contribution >= 0.6 is 0 Å². The first kappa shape index (κ1) is 18.2. The van der Waals surface area contributed by atoms with Crippen LogP contribution in [-0.4, -0.2) is 25.1 Å². The van der Waals surface area contributed by atoms with Crippen molar-refractivity contribution in [3.63, 3.8) is 0 Å². The standard InChI is InChI=1S/C11H14BNO2.2Na/c14-12(15)11-6-2-1-5-10(11)9-13-7-3-4-8-13;;/h1-2,5-6H,3-4,7-9H2;;/q-2;2*+1. The molecule has 1 fully saturated rings. The van der Waals surface area contributed by atoms with Gasteiger partial charge in [-0.2, -0.15) is 0 Å².